The van der Waals surface area contributed by atoms with E-state index in [1.807, 2.05) is 13.8 Å². The van der Waals surface area contributed by atoms with Gasteiger partial charge in [0.25, 0.3) is 0 Å². The highest BCUT2D eigenvalue weighted by atomic mass is 32.2. The molecule has 0 radical (unpaired) electrons. The van der Waals surface area contributed by atoms with Crippen molar-refractivity contribution in [1.82, 2.24) is 9.29 Å². The van der Waals surface area contributed by atoms with Crippen molar-refractivity contribution in [2.24, 2.45) is 7.05 Å². The molecular weight excluding hydrogens is 228 g/mol. The van der Waals surface area contributed by atoms with Crippen molar-refractivity contribution in [3.63, 3.8) is 0 Å². The van der Waals surface area contributed by atoms with Gasteiger partial charge in [-0.15, -0.1) is 0 Å². The lowest BCUT2D eigenvalue weighted by Crippen LogP contribution is -2.31. The number of rotatable bonds is 5. The number of nitrogens with one attached hydrogen (secondary N) is 1. The number of aliphatic hydroxyl groups excluding tert-OH is 1. The van der Waals surface area contributed by atoms with Gasteiger partial charge in [-0.1, -0.05) is 6.92 Å². The van der Waals surface area contributed by atoms with E-state index in [-0.39, 0.29) is 17.5 Å². The van der Waals surface area contributed by atoms with Crippen LogP contribution in [0.25, 0.3) is 0 Å². The molecule has 1 unspecified atom stereocenters. The zero-order chi connectivity index (χ0) is 12.3. The van der Waals surface area contributed by atoms with E-state index in [2.05, 4.69) is 4.72 Å². The highest BCUT2D eigenvalue weighted by molar-refractivity contribution is 7.89. The number of nitrogens with zero attached hydrogens (tertiary/aromatic N) is 1. The van der Waals surface area contributed by atoms with Crippen LogP contribution in [0, 0.1) is 0 Å². The molecule has 1 atom stereocenters. The van der Waals surface area contributed by atoms with Gasteiger partial charge in [-0.2, -0.15) is 0 Å². The van der Waals surface area contributed by atoms with E-state index in [1.54, 1.807) is 11.6 Å². The minimum atomic E-state index is -3.47. The second-order valence-electron chi connectivity index (χ2n) is 3.87. The predicted molar refractivity (Wildman–Crippen MR) is 61.4 cm³/mol. The van der Waals surface area contributed by atoms with Crippen LogP contribution in [0.5, 0.6) is 0 Å². The molecule has 0 fully saturated rings. The smallest absolute Gasteiger partial charge is 0.242 e. The minimum absolute atomic E-state index is 0.0946. The van der Waals surface area contributed by atoms with Crippen LogP contribution < -0.4 is 4.72 Å². The number of hydrogen-bond acceptors (Lipinski definition) is 3. The van der Waals surface area contributed by atoms with Crippen LogP contribution in [0.15, 0.2) is 17.2 Å². The molecule has 6 heteroatoms. The average Bonchev–Trinajstić information content (AvgIpc) is 2.59. The summed E-state index contributed by atoms with van der Waals surface area (Å²) in [6, 6.07) is 1.38. The molecule has 0 spiro atoms. The fraction of sp³-hybridized carbons (Fsp3) is 0.600. The molecular formula is C10H18N2O3S. The fourth-order valence-corrected chi connectivity index (χ4v) is 2.72. The van der Waals surface area contributed by atoms with Crippen LogP contribution in [0.4, 0.5) is 0 Å². The van der Waals surface area contributed by atoms with Gasteiger partial charge < -0.3 is 9.67 Å². The molecule has 0 aliphatic carbocycles. The number of aliphatic hydroxyl groups is 1. The summed E-state index contributed by atoms with van der Waals surface area (Å²) in [6.45, 7) is 3.56. The summed E-state index contributed by atoms with van der Waals surface area (Å²) < 4.78 is 27.9. The normalized spacial score (nSPS) is 14.0. The molecule has 1 heterocycles. The maximum Gasteiger partial charge on any atom is 0.242 e. The summed E-state index contributed by atoms with van der Waals surface area (Å²) in [5, 5.41) is 8.99. The summed E-state index contributed by atoms with van der Waals surface area (Å²) in [5.74, 6) is 0. The van der Waals surface area contributed by atoms with Crippen molar-refractivity contribution >= 4 is 10.0 Å². The van der Waals surface area contributed by atoms with Gasteiger partial charge in [0, 0.05) is 25.0 Å². The first kappa shape index (κ1) is 13.2. The standard InChI is InChI=1S/C10H18N2O3S/c1-4-8(2)11-16(14,15)10-5-9(7-13)12(3)6-10/h5-6,8,11,13H,4,7H2,1-3H3. The average molecular weight is 246 g/mol. The Morgan fingerprint density at radius 3 is 2.62 bits per heavy atom. The van der Waals surface area contributed by atoms with Gasteiger partial charge in [0.2, 0.25) is 10.0 Å². The summed E-state index contributed by atoms with van der Waals surface area (Å²) in [6.07, 6.45) is 2.23. The Bertz CT molecular complexity index is 451. The van der Waals surface area contributed by atoms with Crippen molar-refractivity contribution in [1.29, 1.82) is 0 Å². The summed E-state index contributed by atoms with van der Waals surface area (Å²) in [7, 11) is -1.76. The van der Waals surface area contributed by atoms with E-state index in [0.717, 1.165) is 6.42 Å². The SMILES string of the molecule is CCC(C)NS(=O)(=O)c1cc(CO)n(C)c1. The first-order valence-electron chi connectivity index (χ1n) is 5.19. The Kier molecular flexibility index (Phi) is 4.12. The molecule has 5 nitrogen and oxygen atoms in total. The Hall–Kier alpha value is -0.850. The van der Waals surface area contributed by atoms with E-state index in [9.17, 15) is 8.42 Å². The van der Waals surface area contributed by atoms with E-state index in [0.29, 0.717) is 5.69 Å². The number of aromatic nitrogens is 1. The van der Waals surface area contributed by atoms with Crippen LogP contribution in [-0.2, 0) is 23.7 Å². The number of hydrogen-bond donors (Lipinski definition) is 2. The third-order valence-electron chi connectivity index (χ3n) is 2.52. The summed E-state index contributed by atoms with van der Waals surface area (Å²) >= 11 is 0. The first-order valence-corrected chi connectivity index (χ1v) is 6.67. The van der Waals surface area contributed by atoms with Gasteiger partial charge in [0.05, 0.1) is 11.5 Å². The van der Waals surface area contributed by atoms with Gasteiger partial charge in [0.15, 0.2) is 0 Å². The van der Waals surface area contributed by atoms with Gasteiger partial charge >= 0.3 is 0 Å². The molecule has 0 saturated heterocycles. The van der Waals surface area contributed by atoms with Gasteiger partial charge in [-0.3, -0.25) is 0 Å². The zero-order valence-corrected chi connectivity index (χ0v) is 10.6. The third kappa shape index (κ3) is 2.84. The Morgan fingerprint density at radius 1 is 1.56 bits per heavy atom. The minimum Gasteiger partial charge on any atom is -0.390 e. The van der Waals surface area contributed by atoms with Crippen molar-refractivity contribution < 1.29 is 13.5 Å². The van der Waals surface area contributed by atoms with Crippen LogP contribution in [0.1, 0.15) is 26.0 Å². The molecule has 1 aromatic heterocycles. The highest BCUT2D eigenvalue weighted by Crippen LogP contribution is 2.14. The van der Waals surface area contributed by atoms with Crippen molar-refractivity contribution in [3.05, 3.63) is 18.0 Å². The fourth-order valence-electron chi connectivity index (χ4n) is 1.30. The van der Waals surface area contributed by atoms with Crippen LogP contribution in [-0.4, -0.2) is 24.1 Å². The zero-order valence-electron chi connectivity index (χ0n) is 9.77. The molecule has 0 amide bonds. The molecule has 0 bridgehead atoms. The molecule has 16 heavy (non-hydrogen) atoms. The predicted octanol–water partition coefficient (Wildman–Crippen LogP) is 0.594. The lowest BCUT2D eigenvalue weighted by molar-refractivity contribution is 0.272. The molecule has 1 rings (SSSR count). The van der Waals surface area contributed by atoms with Crippen molar-refractivity contribution in [3.8, 4) is 0 Å². The molecule has 0 aliphatic rings. The lowest BCUT2D eigenvalue weighted by atomic mass is 10.3. The van der Waals surface area contributed by atoms with Gasteiger partial charge in [-0.25, -0.2) is 13.1 Å². The molecule has 0 aliphatic heterocycles. The third-order valence-corrected chi connectivity index (χ3v) is 4.08. The van der Waals surface area contributed by atoms with Gasteiger partial charge in [-0.05, 0) is 19.4 Å². The van der Waals surface area contributed by atoms with Crippen molar-refractivity contribution in [2.45, 2.75) is 37.8 Å². The topological polar surface area (TPSA) is 71.3 Å². The number of aryl methyl sites for hydroxylation is 1. The number of sulfonamides is 1. The second-order valence-corrected chi connectivity index (χ2v) is 5.58. The molecule has 0 aromatic carbocycles. The van der Waals surface area contributed by atoms with E-state index < -0.39 is 10.0 Å². The monoisotopic (exact) mass is 246 g/mol. The lowest BCUT2D eigenvalue weighted by Gasteiger charge is -2.10. The van der Waals surface area contributed by atoms with E-state index >= 15 is 0 Å². The van der Waals surface area contributed by atoms with E-state index in [4.69, 9.17) is 5.11 Å². The maximum atomic E-state index is 11.9. The van der Waals surface area contributed by atoms with Crippen LogP contribution >= 0.6 is 0 Å². The molecule has 2 N–H and O–H groups in total. The van der Waals surface area contributed by atoms with Crippen LogP contribution in [0.3, 0.4) is 0 Å². The highest BCUT2D eigenvalue weighted by Gasteiger charge is 2.18. The van der Waals surface area contributed by atoms with Gasteiger partial charge in [0.1, 0.15) is 0 Å². The molecule has 0 saturated carbocycles. The molecule has 92 valence electrons. The Balaban J connectivity index is 2.98. The summed E-state index contributed by atoms with van der Waals surface area (Å²) in [5.41, 5.74) is 0.574. The maximum absolute atomic E-state index is 11.9. The van der Waals surface area contributed by atoms with Crippen molar-refractivity contribution in [2.75, 3.05) is 0 Å². The van der Waals surface area contributed by atoms with Crippen LogP contribution in [0.2, 0.25) is 0 Å². The van der Waals surface area contributed by atoms with E-state index in [1.165, 1.54) is 12.3 Å². The second kappa shape index (κ2) is 4.99. The molecule has 1 aromatic rings. The Morgan fingerprint density at radius 2 is 2.19 bits per heavy atom. The Labute approximate surface area is 96.1 Å². The quantitative estimate of drug-likeness (QED) is 0.799. The largest absolute Gasteiger partial charge is 0.390 e. The summed E-state index contributed by atoms with van der Waals surface area (Å²) in [4.78, 5) is 0.194. The first-order chi connectivity index (χ1) is 7.40.